The smallest absolute Gasteiger partial charge is 0.338 e. The van der Waals surface area contributed by atoms with Gasteiger partial charge >= 0.3 is 25.7 Å². The highest BCUT2D eigenvalue weighted by Crippen LogP contribution is 2.33. The van der Waals surface area contributed by atoms with E-state index in [1.54, 1.807) is 0 Å². The number of thiol groups is 1. The zero-order chi connectivity index (χ0) is 47.4. The molecule has 11 nitrogen and oxygen atoms in total. The predicted molar refractivity (Wildman–Crippen MR) is 271 cm³/mol. The molecule has 5 N–H and O–H groups in total. The lowest BCUT2D eigenvalue weighted by molar-refractivity contribution is 0.0791. The van der Waals surface area contributed by atoms with Crippen molar-refractivity contribution in [3.05, 3.63) is 0 Å². The molecule has 10 unspecified atom stereocenters. The summed E-state index contributed by atoms with van der Waals surface area (Å²) in [6.07, 6.45) is 15.9. The molecule has 0 aliphatic heterocycles. The van der Waals surface area contributed by atoms with Crippen LogP contribution in [0.5, 0.6) is 0 Å². The van der Waals surface area contributed by atoms with E-state index in [2.05, 4.69) is 54.2 Å². The monoisotopic (exact) mass is 973 g/mol. The van der Waals surface area contributed by atoms with Gasteiger partial charge in [-0.25, -0.2) is 0 Å². The fraction of sp³-hybridized carbons (Fsp3) is 1.00. The van der Waals surface area contributed by atoms with E-state index in [1.165, 1.54) is 51.4 Å². The van der Waals surface area contributed by atoms with E-state index in [1.807, 2.05) is 20.8 Å². The van der Waals surface area contributed by atoms with Gasteiger partial charge in [0.2, 0.25) is 0 Å². The van der Waals surface area contributed by atoms with Gasteiger partial charge in [-0.3, -0.25) is 0 Å². The third-order valence-corrected chi connectivity index (χ3v) is 23.7. The third-order valence-electron chi connectivity index (χ3n) is 12.2. The van der Waals surface area contributed by atoms with E-state index in [9.17, 15) is 25.5 Å². The second-order valence-corrected chi connectivity index (χ2v) is 30.5. The minimum Gasteiger partial charge on any atom is -0.396 e. The maximum Gasteiger partial charge on any atom is 0.338 e. The number of aliphatic hydroxyl groups excluding tert-OH is 5. The van der Waals surface area contributed by atoms with Gasteiger partial charge in [0.1, 0.15) is 0 Å². The fourth-order valence-electron chi connectivity index (χ4n) is 7.68. The predicted octanol–water partition coefficient (Wildman–Crippen LogP) is 10.3. The van der Waals surface area contributed by atoms with Crippen molar-refractivity contribution in [2.45, 2.75) is 188 Å². The molecule has 0 bridgehead atoms. The van der Waals surface area contributed by atoms with E-state index in [0.717, 1.165) is 74.5 Å². The molecule has 0 rings (SSSR count). The molecule has 0 spiro atoms. The van der Waals surface area contributed by atoms with Gasteiger partial charge < -0.3 is 52.1 Å². The van der Waals surface area contributed by atoms with Crippen molar-refractivity contribution < 1.29 is 52.1 Å². The molecule has 15 heteroatoms. The topological polar surface area (TPSA) is 157 Å². The van der Waals surface area contributed by atoms with Gasteiger partial charge in [0.05, 0.1) is 0 Å². The molecular weight excluding hydrogens is 869 g/mol. The Kier molecular flexibility index (Phi) is 39.8. The van der Waals surface area contributed by atoms with Crippen LogP contribution in [0.15, 0.2) is 0 Å². The molecule has 0 aliphatic carbocycles. The van der Waals surface area contributed by atoms with Crippen molar-refractivity contribution in [3.63, 3.8) is 0 Å². The highest BCUT2D eigenvalue weighted by molar-refractivity contribution is 7.80. The Labute approximate surface area is 397 Å². The molecule has 380 valence electrons. The summed E-state index contributed by atoms with van der Waals surface area (Å²) >= 11 is 4.61. The van der Waals surface area contributed by atoms with Crippen LogP contribution in [-0.4, -0.2) is 130 Å². The quantitative estimate of drug-likeness (QED) is 0.0196. The first kappa shape index (κ1) is 63.6. The van der Waals surface area contributed by atoms with Crippen LogP contribution in [0.1, 0.15) is 152 Å². The third kappa shape index (κ3) is 31.3. The van der Waals surface area contributed by atoms with Gasteiger partial charge in [-0.2, -0.15) is 12.6 Å². The van der Waals surface area contributed by atoms with Crippen LogP contribution in [0.4, 0.5) is 0 Å². The Morgan fingerprint density at radius 1 is 0.349 bits per heavy atom. The summed E-state index contributed by atoms with van der Waals surface area (Å²) in [6.45, 7) is 22.2. The summed E-state index contributed by atoms with van der Waals surface area (Å²) in [4.78, 5) is 0. The first-order valence-corrected chi connectivity index (χ1v) is 33.0. The number of aliphatic hydroxyl groups is 5. The molecule has 0 fully saturated rings. The highest BCUT2D eigenvalue weighted by atomic mass is 32.1. The summed E-state index contributed by atoms with van der Waals surface area (Å²) in [6, 6.07) is 4.77. The molecule has 0 saturated heterocycles. The van der Waals surface area contributed by atoms with Crippen molar-refractivity contribution in [3.8, 4) is 0 Å². The Morgan fingerprint density at radius 3 is 1.00 bits per heavy atom. The van der Waals surface area contributed by atoms with Crippen LogP contribution in [-0.2, 0) is 26.6 Å². The van der Waals surface area contributed by atoms with Gasteiger partial charge in [-0.15, -0.1) is 0 Å². The van der Waals surface area contributed by atoms with E-state index in [-0.39, 0.29) is 74.5 Å². The van der Waals surface area contributed by atoms with Crippen molar-refractivity contribution in [2.24, 2.45) is 41.4 Å². The van der Waals surface area contributed by atoms with Crippen molar-refractivity contribution >= 4 is 38.3 Å². The van der Waals surface area contributed by atoms with Crippen molar-refractivity contribution in [1.29, 1.82) is 0 Å². The average molecular weight is 974 g/mol. The molecule has 0 aromatic heterocycles. The lowest BCUT2D eigenvalue weighted by Gasteiger charge is -2.37. The van der Waals surface area contributed by atoms with Crippen molar-refractivity contribution in [1.82, 2.24) is 0 Å². The van der Waals surface area contributed by atoms with E-state index >= 15 is 0 Å². The van der Waals surface area contributed by atoms with Gasteiger partial charge in [-0.05, 0) is 72.6 Å². The largest absolute Gasteiger partial charge is 0.396 e. The number of hydrogen-bond acceptors (Lipinski definition) is 12. The van der Waals surface area contributed by atoms with Crippen molar-refractivity contribution in [2.75, 3.05) is 78.4 Å². The summed E-state index contributed by atoms with van der Waals surface area (Å²) in [5.74, 6) is 1.12. The van der Waals surface area contributed by atoms with Gasteiger partial charge in [0, 0.05) is 96.3 Å². The molecule has 10 atom stereocenters. The van der Waals surface area contributed by atoms with Gasteiger partial charge in [0.25, 0.3) is 0 Å². The zero-order valence-corrected chi connectivity index (χ0v) is 46.2. The van der Waals surface area contributed by atoms with E-state index in [0.29, 0.717) is 45.7 Å². The fourth-order valence-corrected chi connectivity index (χ4v) is 19.8. The standard InChI is InChI=1S/C48H104O11SSi3/c1-10-12-14-16-18-20-25-62(40-46(7)32-52,57-36-44(5)30-50)56-34-42(3)23-28-61(27-22-24-60,54-35-43(4)29-49)55-38-48(9)39-59-63(41-47(8)33-53,58-37-45(6)31-51)26-21-19-17-15-13-11-2/h42-53,60H,10-41H2,1-9H3. The Bertz CT molecular complexity index is 965. The van der Waals surface area contributed by atoms with Crippen LogP contribution in [0.25, 0.3) is 0 Å². The van der Waals surface area contributed by atoms with E-state index in [4.69, 9.17) is 26.6 Å². The summed E-state index contributed by atoms with van der Waals surface area (Å²) < 4.78 is 41.4. The second kappa shape index (κ2) is 39.4. The number of rotatable bonds is 47. The first-order valence-electron chi connectivity index (χ1n) is 25.6. The molecule has 0 aromatic rings. The molecule has 63 heavy (non-hydrogen) atoms. The molecule has 0 saturated carbocycles. The van der Waals surface area contributed by atoms with Crippen LogP contribution in [0.2, 0.25) is 36.3 Å². The van der Waals surface area contributed by atoms with Crippen LogP contribution in [0, 0.1) is 41.4 Å². The Balaban J connectivity index is 6.28. The maximum atomic E-state index is 10.1. The molecule has 0 amide bonds. The van der Waals surface area contributed by atoms with E-state index < -0.39 is 25.7 Å². The Hall–Kier alpha value is 0.561. The molecular formula is C48H104O11SSi3. The summed E-state index contributed by atoms with van der Waals surface area (Å²) in [5.41, 5.74) is 0. The summed E-state index contributed by atoms with van der Waals surface area (Å²) in [7, 11) is -8.29. The van der Waals surface area contributed by atoms with Crippen LogP contribution >= 0.6 is 12.6 Å². The lowest BCUT2D eigenvalue weighted by atomic mass is 10.1. The number of hydrogen-bond donors (Lipinski definition) is 6. The number of unbranched alkanes of at least 4 members (excludes halogenated alkanes) is 10. The lowest BCUT2D eigenvalue weighted by Crippen LogP contribution is -2.48. The minimum atomic E-state index is -2.81. The van der Waals surface area contributed by atoms with Crippen LogP contribution in [0.3, 0.4) is 0 Å². The molecule has 0 heterocycles. The minimum absolute atomic E-state index is 0.00518. The highest BCUT2D eigenvalue weighted by Gasteiger charge is 2.43. The normalized spacial score (nSPS) is 18.5. The second-order valence-electron chi connectivity index (χ2n) is 20.1. The molecule has 0 radical (unpaired) electrons. The zero-order valence-electron chi connectivity index (χ0n) is 42.3. The Morgan fingerprint density at radius 2 is 0.651 bits per heavy atom. The van der Waals surface area contributed by atoms with Gasteiger partial charge in [-0.1, -0.05) is 139 Å². The first-order chi connectivity index (χ1) is 30.2. The SMILES string of the molecule is CCCCCCCC[Si](CC(C)CO)(OCC(C)CO)OCC(C)CC[Si](CCCS)(OCC(C)CO)OCC(C)CO[Si](CCCCCCCC)(CC(C)CO)OCC(C)CO. The summed E-state index contributed by atoms with van der Waals surface area (Å²) in [5, 5.41) is 50.0. The van der Waals surface area contributed by atoms with Crippen LogP contribution < -0.4 is 0 Å². The maximum absolute atomic E-state index is 10.1. The molecule has 0 aliphatic rings. The van der Waals surface area contributed by atoms with Gasteiger partial charge in [0.15, 0.2) is 0 Å². The molecule has 0 aromatic carbocycles. The average Bonchev–Trinajstić information content (AvgIpc) is 3.29.